The number of fused-ring (bicyclic) bond motifs is 1. The molecule has 2 fully saturated rings. The maximum Gasteiger partial charge on any atom is 0.119 e. The standard InChI is InChI=1S/C21H26N2OS/c1-21(16-7-6-8-17(13-16)22-25-2)19-14-23(15-20(19)21)11-12-24-18-9-4-3-5-10-18/h3-10,13,19-20,22H,11-12,14-15H2,1-2H3. The molecule has 4 heteroatoms. The summed E-state index contributed by atoms with van der Waals surface area (Å²) in [5.41, 5.74) is 3.05. The first kappa shape index (κ1) is 16.8. The molecule has 25 heavy (non-hydrogen) atoms. The van der Waals surface area contributed by atoms with Crippen molar-refractivity contribution in [3.8, 4) is 5.75 Å². The van der Waals surface area contributed by atoms with Gasteiger partial charge in [0.15, 0.2) is 0 Å². The molecular formula is C21H26N2OS. The second-order valence-corrected chi connectivity index (χ2v) is 7.92. The lowest BCUT2D eigenvalue weighted by atomic mass is 9.92. The zero-order valence-corrected chi connectivity index (χ0v) is 15.8. The number of benzene rings is 2. The molecule has 0 bridgehead atoms. The summed E-state index contributed by atoms with van der Waals surface area (Å²) in [5.74, 6) is 2.54. The summed E-state index contributed by atoms with van der Waals surface area (Å²) in [6.45, 7) is 6.62. The van der Waals surface area contributed by atoms with Crippen molar-refractivity contribution in [2.45, 2.75) is 12.3 Å². The lowest BCUT2D eigenvalue weighted by molar-refractivity contribution is 0.213. The largest absolute Gasteiger partial charge is 0.492 e. The molecule has 1 saturated heterocycles. The number of rotatable bonds is 7. The number of ether oxygens (including phenoxy) is 1. The second-order valence-electron chi connectivity index (χ2n) is 7.30. The molecule has 1 heterocycles. The highest BCUT2D eigenvalue weighted by atomic mass is 32.2. The minimum absolute atomic E-state index is 0.354. The van der Waals surface area contributed by atoms with E-state index >= 15 is 0 Å². The van der Waals surface area contributed by atoms with Crippen molar-refractivity contribution in [2.75, 3.05) is 37.2 Å². The van der Waals surface area contributed by atoms with Crippen molar-refractivity contribution in [1.29, 1.82) is 0 Å². The van der Waals surface area contributed by atoms with E-state index in [9.17, 15) is 0 Å². The van der Waals surface area contributed by atoms with Gasteiger partial charge < -0.3 is 9.46 Å². The lowest BCUT2D eigenvalue weighted by Gasteiger charge is -2.24. The van der Waals surface area contributed by atoms with E-state index in [0.717, 1.165) is 30.7 Å². The van der Waals surface area contributed by atoms with Gasteiger partial charge >= 0.3 is 0 Å². The molecule has 3 nitrogen and oxygen atoms in total. The molecule has 0 aromatic heterocycles. The Kier molecular flexibility index (Phi) is 4.65. The van der Waals surface area contributed by atoms with Crippen LogP contribution in [-0.4, -0.2) is 37.4 Å². The Morgan fingerprint density at radius 2 is 1.88 bits per heavy atom. The summed E-state index contributed by atoms with van der Waals surface area (Å²) in [4.78, 5) is 2.56. The van der Waals surface area contributed by atoms with Crippen LogP contribution in [0.1, 0.15) is 12.5 Å². The molecule has 2 aromatic carbocycles. The highest BCUT2D eigenvalue weighted by Crippen LogP contribution is 2.63. The van der Waals surface area contributed by atoms with E-state index in [2.05, 4.69) is 47.1 Å². The van der Waals surface area contributed by atoms with Crippen LogP contribution in [0, 0.1) is 11.8 Å². The number of anilines is 1. The van der Waals surface area contributed by atoms with Gasteiger partial charge in [-0.05, 0) is 41.7 Å². The monoisotopic (exact) mass is 354 g/mol. The first-order valence-electron chi connectivity index (χ1n) is 9.01. The fourth-order valence-electron chi connectivity index (χ4n) is 4.42. The minimum Gasteiger partial charge on any atom is -0.492 e. The van der Waals surface area contributed by atoms with Gasteiger partial charge in [0.1, 0.15) is 12.4 Å². The summed E-state index contributed by atoms with van der Waals surface area (Å²) in [6, 6.07) is 19.1. The van der Waals surface area contributed by atoms with Gasteiger partial charge in [-0.3, -0.25) is 4.90 Å². The Balaban J connectivity index is 1.30. The molecule has 0 amide bonds. The first-order valence-corrected chi connectivity index (χ1v) is 10.2. The molecule has 2 atom stereocenters. The molecule has 4 rings (SSSR count). The maximum absolute atomic E-state index is 5.84. The zero-order valence-electron chi connectivity index (χ0n) is 14.9. The molecule has 0 radical (unpaired) electrons. The number of nitrogens with zero attached hydrogens (tertiary/aromatic N) is 1. The lowest BCUT2D eigenvalue weighted by Crippen LogP contribution is -2.32. The molecule has 0 spiro atoms. The van der Waals surface area contributed by atoms with Crippen LogP contribution in [-0.2, 0) is 5.41 Å². The van der Waals surface area contributed by atoms with Crippen molar-refractivity contribution in [3.63, 3.8) is 0 Å². The predicted octanol–water partition coefficient (Wildman–Crippen LogP) is 4.27. The van der Waals surface area contributed by atoms with Gasteiger partial charge in [-0.25, -0.2) is 0 Å². The van der Waals surface area contributed by atoms with E-state index in [1.54, 1.807) is 11.9 Å². The molecule has 1 aliphatic carbocycles. The highest BCUT2D eigenvalue weighted by molar-refractivity contribution is 7.99. The SMILES string of the molecule is CSNc1cccc(C2(C)C3CN(CCOc4ccccc4)CC32)c1. The average Bonchev–Trinajstić information content (AvgIpc) is 2.99. The smallest absolute Gasteiger partial charge is 0.119 e. The summed E-state index contributed by atoms with van der Waals surface area (Å²) in [6.07, 6.45) is 2.07. The maximum atomic E-state index is 5.84. The summed E-state index contributed by atoms with van der Waals surface area (Å²) in [7, 11) is 0. The number of likely N-dealkylation sites (tertiary alicyclic amines) is 1. The number of hydrogen-bond acceptors (Lipinski definition) is 4. The minimum atomic E-state index is 0.354. The van der Waals surface area contributed by atoms with Gasteiger partial charge in [-0.1, -0.05) is 49.2 Å². The van der Waals surface area contributed by atoms with E-state index < -0.39 is 0 Å². The third kappa shape index (κ3) is 3.25. The van der Waals surface area contributed by atoms with Crippen molar-refractivity contribution < 1.29 is 4.74 Å². The van der Waals surface area contributed by atoms with Crippen LogP contribution in [0.3, 0.4) is 0 Å². The quantitative estimate of drug-likeness (QED) is 0.750. The fraction of sp³-hybridized carbons (Fsp3) is 0.429. The highest BCUT2D eigenvalue weighted by Gasteiger charge is 2.65. The summed E-state index contributed by atoms with van der Waals surface area (Å²) >= 11 is 1.65. The molecule has 132 valence electrons. The molecule has 1 N–H and O–H groups in total. The third-order valence-electron chi connectivity index (χ3n) is 5.95. The van der Waals surface area contributed by atoms with Gasteiger partial charge in [-0.15, -0.1) is 0 Å². The zero-order chi connectivity index (χ0) is 17.3. The fourth-order valence-corrected chi connectivity index (χ4v) is 4.78. The molecule has 1 aliphatic heterocycles. The Labute approximate surface area is 154 Å². The number of piperidine rings is 1. The summed E-state index contributed by atoms with van der Waals surface area (Å²) in [5, 5.41) is 0. The Morgan fingerprint density at radius 1 is 1.12 bits per heavy atom. The van der Waals surface area contributed by atoms with Crippen LogP contribution in [0.25, 0.3) is 0 Å². The average molecular weight is 355 g/mol. The van der Waals surface area contributed by atoms with Crippen LogP contribution in [0.2, 0.25) is 0 Å². The molecular weight excluding hydrogens is 328 g/mol. The topological polar surface area (TPSA) is 24.5 Å². The Hall–Kier alpha value is -1.65. The van der Waals surface area contributed by atoms with Crippen molar-refractivity contribution in [3.05, 3.63) is 60.2 Å². The van der Waals surface area contributed by atoms with Crippen LogP contribution in [0.15, 0.2) is 54.6 Å². The van der Waals surface area contributed by atoms with Crippen LogP contribution in [0.4, 0.5) is 5.69 Å². The molecule has 2 aromatic rings. The summed E-state index contributed by atoms with van der Waals surface area (Å²) < 4.78 is 9.20. The van der Waals surface area contributed by atoms with Gasteiger partial charge in [0.25, 0.3) is 0 Å². The second kappa shape index (κ2) is 6.93. The number of para-hydroxylation sites is 1. The van der Waals surface area contributed by atoms with E-state index in [1.165, 1.54) is 24.3 Å². The van der Waals surface area contributed by atoms with Crippen molar-refractivity contribution >= 4 is 17.6 Å². The van der Waals surface area contributed by atoms with Gasteiger partial charge in [0, 0.05) is 37.0 Å². The van der Waals surface area contributed by atoms with Gasteiger partial charge in [0.05, 0.1) is 0 Å². The Morgan fingerprint density at radius 3 is 2.60 bits per heavy atom. The van der Waals surface area contributed by atoms with Crippen LogP contribution >= 0.6 is 11.9 Å². The van der Waals surface area contributed by atoms with Crippen molar-refractivity contribution in [1.82, 2.24) is 4.90 Å². The predicted molar refractivity (Wildman–Crippen MR) is 106 cm³/mol. The third-order valence-corrected chi connectivity index (χ3v) is 6.39. The van der Waals surface area contributed by atoms with Crippen LogP contribution < -0.4 is 9.46 Å². The van der Waals surface area contributed by atoms with E-state index in [1.807, 2.05) is 30.3 Å². The molecule has 1 saturated carbocycles. The molecule has 2 aliphatic rings. The van der Waals surface area contributed by atoms with E-state index in [0.29, 0.717) is 5.41 Å². The van der Waals surface area contributed by atoms with Gasteiger partial charge in [-0.2, -0.15) is 0 Å². The molecule has 2 unspecified atom stereocenters. The van der Waals surface area contributed by atoms with E-state index in [-0.39, 0.29) is 0 Å². The Bertz CT molecular complexity index is 709. The normalized spacial score (nSPS) is 27.8. The number of nitrogens with one attached hydrogen (secondary N) is 1. The van der Waals surface area contributed by atoms with E-state index in [4.69, 9.17) is 4.74 Å². The van der Waals surface area contributed by atoms with Crippen molar-refractivity contribution in [2.24, 2.45) is 11.8 Å². The van der Waals surface area contributed by atoms with Gasteiger partial charge in [0.2, 0.25) is 0 Å². The number of hydrogen-bond donors (Lipinski definition) is 1. The first-order chi connectivity index (χ1) is 12.2. The van der Waals surface area contributed by atoms with Crippen LogP contribution in [0.5, 0.6) is 5.75 Å².